The molecule has 28 heavy (non-hydrogen) atoms. The van der Waals surface area contributed by atoms with Crippen LogP contribution in [0.4, 0.5) is 0 Å². The third-order valence-electron chi connectivity index (χ3n) is 5.72. The van der Waals surface area contributed by atoms with Gasteiger partial charge in [-0.2, -0.15) is 5.10 Å². The minimum atomic E-state index is -0.208. The van der Waals surface area contributed by atoms with Crippen LogP contribution in [0.2, 0.25) is 0 Å². The molecule has 0 radical (unpaired) electrons. The number of nitrogens with two attached hydrogens (primary N) is 1. The normalized spacial score (nSPS) is 19.4. The summed E-state index contributed by atoms with van der Waals surface area (Å²) in [5.74, 6) is 0.744. The van der Waals surface area contributed by atoms with Gasteiger partial charge in [0.15, 0.2) is 0 Å². The summed E-state index contributed by atoms with van der Waals surface area (Å²) in [6.07, 6.45) is 0.340. The fourth-order valence-corrected chi connectivity index (χ4v) is 4.11. The van der Waals surface area contributed by atoms with Crippen molar-refractivity contribution in [3.8, 4) is 0 Å². The molecule has 1 aliphatic rings. The van der Waals surface area contributed by atoms with Gasteiger partial charge in [-0.25, -0.2) is 0 Å². The van der Waals surface area contributed by atoms with E-state index in [0.29, 0.717) is 31.3 Å². The van der Waals surface area contributed by atoms with Gasteiger partial charge in [0.1, 0.15) is 0 Å². The molecular weight excluding hydrogens is 376 g/mol. The van der Waals surface area contributed by atoms with Crippen LogP contribution >= 0.6 is 12.4 Å². The predicted octanol–water partition coefficient (Wildman–Crippen LogP) is 2.66. The molecule has 0 spiro atoms. The van der Waals surface area contributed by atoms with Crippen LogP contribution in [0.15, 0.2) is 30.3 Å². The second-order valence-corrected chi connectivity index (χ2v) is 7.41. The molecule has 7 heteroatoms. The van der Waals surface area contributed by atoms with Crippen molar-refractivity contribution in [2.24, 2.45) is 11.7 Å². The number of carbonyl (C=O) groups excluding carboxylic acids is 1. The van der Waals surface area contributed by atoms with Gasteiger partial charge in [0.25, 0.3) is 0 Å². The zero-order valence-electron chi connectivity index (χ0n) is 16.9. The van der Waals surface area contributed by atoms with Crippen LogP contribution in [-0.4, -0.2) is 47.4 Å². The molecule has 154 valence electrons. The number of benzene rings is 1. The number of esters is 1. The molecule has 6 nitrogen and oxygen atoms in total. The number of hydrogen-bond acceptors (Lipinski definition) is 5. The van der Waals surface area contributed by atoms with E-state index in [-0.39, 0.29) is 18.4 Å². The molecule has 1 saturated heterocycles. The van der Waals surface area contributed by atoms with Crippen molar-refractivity contribution in [1.82, 2.24) is 14.7 Å². The highest BCUT2D eigenvalue weighted by Gasteiger charge is 2.33. The standard InChI is InChI=1S/C21H30N4O2.ClH/c1-15-19(16(2)25(23-15)10-9-21(26)27-3)13-24-12-18(11-22)20(14-24)17-7-5-4-6-8-17;/h4-8,18,20H,9-14,22H2,1-3H3;1H/t18-,20+;/m1./s1. The lowest BCUT2D eigenvalue weighted by atomic mass is 9.89. The zero-order valence-corrected chi connectivity index (χ0v) is 17.7. The summed E-state index contributed by atoms with van der Waals surface area (Å²) in [6.45, 7) is 8.26. The highest BCUT2D eigenvalue weighted by atomic mass is 35.5. The Balaban J connectivity index is 0.00000280. The largest absolute Gasteiger partial charge is 0.469 e. The molecular formula is C21H31ClN4O2. The van der Waals surface area contributed by atoms with Crippen molar-refractivity contribution in [3.63, 3.8) is 0 Å². The van der Waals surface area contributed by atoms with E-state index in [4.69, 9.17) is 10.5 Å². The molecule has 2 aromatic rings. The first-order valence-corrected chi connectivity index (χ1v) is 9.60. The average Bonchev–Trinajstić information content (AvgIpc) is 3.22. The van der Waals surface area contributed by atoms with Gasteiger partial charge in [0, 0.05) is 36.8 Å². The van der Waals surface area contributed by atoms with Crippen molar-refractivity contribution in [2.75, 3.05) is 26.7 Å². The van der Waals surface area contributed by atoms with Gasteiger partial charge in [-0.15, -0.1) is 12.4 Å². The van der Waals surface area contributed by atoms with Crippen LogP contribution in [-0.2, 0) is 22.6 Å². The van der Waals surface area contributed by atoms with Gasteiger partial charge in [-0.05, 0) is 31.9 Å². The van der Waals surface area contributed by atoms with Gasteiger partial charge < -0.3 is 10.5 Å². The van der Waals surface area contributed by atoms with E-state index in [1.807, 2.05) is 11.6 Å². The Morgan fingerprint density at radius 3 is 2.61 bits per heavy atom. The molecule has 1 aliphatic heterocycles. The topological polar surface area (TPSA) is 73.4 Å². The summed E-state index contributed by atoms with van der Waals surface area (Å²) in [5.41, 5.74) is 10.9. The Morgan fingerprint density at radius 1 is 1.25 bits per heavy atom. The highest BCUT2D eigenvalue weighted by molar-refractivity contribution is 5.85. The third-order valence-corrected chi connectivity index (χ3v) is 5.72. The Bertz CT molecular complexity index is 778. The molecule has 2 heterocycles. The number of ether oxygens (including phenoxy) is 1. The van der Waals surface area contributed by atoms with Crippen molar-refractivity contribution in [2.45, 2.75) is 39.3 Å². The number of likely N-dealkylation sites (tertiary alicyclic amines) is 1. The van der Waals surface area contributed by atoms with E-state index in [1.165, 1.54) is 18.2 Å². The summed E-state index contributed by atoms with van der Waals surface area (Å²) in [5, 5.41) is 4.63. The maximum absolute atomic E-state index is 11.4. The minimum absolute atomic E-state index is 0. The second kappa shape index (κ2) is 10.0. The first-order chi connectivity index (χ1) is 13.0. The number of halogens is 1. The maximum atomic E-state index is 11.4. The lowest BCUT2D eigenvalue weighted by Gasteiger charge is -2.17. The summed E-state index contributed by atoms with van der Waals surface area (Å²) in [7, 11) is 1.42. The van der Waals surface area contributed by atoms with E-state index >= 15 is 0 Å². The van der Waals surface area contributed by atoms with Crippen LogP contribution in [0.25, 0.3) is 0 Å². The molecule has 2 N–H and O–H groups in total. The number of aromatic nitrogens is 2. The van der Waals surface area contributed by atoms with Crippen molar-refractivity contribution in [3.05, 3.63) is 52.8 Å². The first kappa shape index (κ1) is 22.4. The Labute approximate surface area is 173 Å². The summed E-state index contributed by atoms with van der Waals surface area (Å²) in [6, 6.07) is 10.7. The predicted molar refractivity (Wildman–Crippen MR) is 113 cm³/mol. The van der Waals surface area contributed by atoms with Gasteiger partial charge in [0.05, 0.1) is 25.8 Å². The summed E-state index contributed by atoms with van der Waals surface area (Å²) < 4.78 is 6.66. The van der Waals surface area contributed by atoms with Crippen LogP contribution in [0.3, 0.4) is 0 Å². The molecule has 3 rings (SSSR count). The molecule has 0 saturated carbocycles. The molecule has 0 unspecified atom stereocenters. The van der Waals surface area contributed by atoms with E-state index in [2.05, 4.69) is 47.3 Å². The fraction of sp³-hybridized carbons (Fsp3) is 0.524. The Kier molecular flexibility index (Phi) is 8.04. The Morgan fingerprint density at radius 2 is 1.96 bits per heavy atom. The molecule has 0 aliphatic carbocycles. The van der Waals surface area contributed by atoms with Crippen LogP contribution in [0.5, 0.6) is 0 Å². The average molecular weight is 407 g/mol. The molecule has 0 amide bonds. The van der Waals surface area contributed by atoms with E-state index in [0.717, 1.165) is 31.0 Å². The van der Waals surface area contributed by atoms with Gasteiger partial charge in [0.2, 0.25) is 0 Å². The lowest BCUT2D eigenvalue weighted by Crippen LogP contribution is -2.23. The second-order valence-electron chi connectivity index (χ2n) is 7.41. The fourth-order valence-electron chi connectivity index (χ4n) is 4.11. The number of rotatable bonds is 7. The van der Waals surface area contributed by atoms with Gasteiger partial charge in [-0.3, -0.25) is 14.4 Å². The number of methoxy groups -OCH3 is 1. The monoisotopic (exact) mass is 406 g/mol. The lowest BCUT2D eigenvalue weighted by molar-refractivity contribution is -0.140. The van der Waals surface area contributed by atoms with Crippen LogP contribution < -0.4 is 5.73 Å². The molecule has 2 atom stereocenters. The molecule has 1 aromatic carbocycles. The number of carbonyl (C=O) groups is 1. The van der Waals surface area contributed by atoms with Gasteiger partial charge in [-0.1, -0.05) is 30.3 Å². The summed E-state index contributed by atoms with van der Waals surface area (Å²) in [4.78, 5) is 13.9. The van der Waals surface area contributed by atoms with Crippen LogP contribution in [0.1, 0.15) is 34.9 Å². The first-order valence-electron chi connectivity index (χ1n) is 9.60. The molecule has 0 bridgehead atoms. The molecule has 1 aromatic heterocycles. The Hall–Kier alpha value is -1.89. The van der Waals surface area contributed by atoms with Gasteiger partial charge >= 0.3 is 5.97 Å². The summed E-state index contributed by atoms with van der Waals surface area (Å²) >= 11 is 0. The van der Waals surface area contributed by atoms with Crippen LogP contribution in [0, 0.1) is 19.8 Å². The van der Waals surface area contributed by atoms with E-state index < -0.39 is 0 Å². The molecule has 1 fully saturated rings. The number of aryl methyl sites for hydroxylation is 2. The highest BCUT2D eigenvalue weighted by Crippen LogP contribution is 2.33. The zero-order chi connectivity index (χ0) is 19.4. The third kappa shape index (κ3) is 4.93. The number of hydrogen-bond donors (Lipinski definition) is 1. The minimum Gasteiger partial charge on any atom is -0.469 e. The SMILES string of the molecule is COC(=O)CCn1nc(C)c(CN2C[C@@H](CN)[C@H](c3ccccc3)C2)c1C.Cl. The van der Waals surface area contributed by atoms with E-state index in [1.54, 1.807) is 0 Å². The smallest absolute Gasteiger partial charge is 0.307 e. The quantitative estimate of drug-likeness (QED) is 0.715. The van der Waals surface area contributed by atoms with E-state index in [9.17, 15) is 4.79 Å². The number of nitrogens with zero attached hydrogens (tertiary/aromatic N) is 3. The van der Waals surface area contributed by atoms with Crippen molar-refractivity contribution in [1.29, 1.82) is 0 Å². The van der Waals surface area contributed by atoms with Crippen molar-refractivity contribution < 1.29 is 9.53 Å². The maximum Gasteiger partial charge on any atom is 0.307 e. The van der Waals surface area contributed by atoms with Crippen molar-refractivity contribution >= 4 is 18.4 Å².